The van der Waals surface area contributed by atoms with Crippen molar-refractivity contribution in [3.05, 3.63) is 46.2 Å². The van der Waals surface area contributed by atoms with Gasteiger partial charge in [0.2, 0.25) is 5.95 Å². The van der Waals surface area contributed by atoms with Crippen LogP contribution in [0, 0.1) is 6.92 Å². The van der Waals surface area contributed by atoms with Gasteiger partial charge >= 0.3 is 0 Å². The fourth-order valence-corrected chi connectivity index (χ4v) is 3.14. The van der Waals surface area contributed by atoms with Crippen LogP contribution in [0.3, 0.4) is 0 Å². The number of aromatic nitrogens is 2. The van der Waals surface area contributed by atoms with Gasteiger partial charge in [0.25, 0.3) is 5.91 Å². The smallest absolute Gasteiger partial charge is 0.256 e. The Balaban J connectivity index is 1.68. The first-order chi connectivity index (χ1) is 11.6. The molecule has 126 valence electrons. The fourth-order valence-electron chi connectivity index (χ4n) is 2.76. The third kappa shape index (κ3) is 4.12. The molecule has 0 saturated carbocycles. The molecule has 6 heteroatoms. The van der Waals surface area contributed by atoms with Gasteiger partial charge in [0.1, 0.15) is 0 Å². The van der Waals surface area contributed by atoms with E-state index in [1.807, 2.05) is 30.0 Å². The van der Waals surface area contributed by atoms with E-state index in [0.717, 1.165) is 36.1 Å². The minimum atomic E-state index is 0.0292. The highest BCUT2D eigenvalue weighted by molar-refractivity contribution is 9.10. The fraction of sp³-hybridized carbons (Fsp3) is 0.389. The Kier molecular flexibility index (Phi) is 5.45. The number of carbonyl (C=O) groups is 1. The van der Waals surface area contributed by atoms with E-state index in [-0.39, 0.29) is 5.91 Å². The SMILES string of the molecule is Cc1ccc(Nc2ncc(C(=O)N3CCCCCC3)cn2)cc1Br. The lowest BCUT2D eigenvalue weighted by atomic mass is 10.2. The second-order valence-corrected chi connectivity index (χ2v) is 6.95. The molecule has 0 radical (unpaired) electrons. The molecule has 0 aliphatic carbocycles. The van der Waals surface area contributed by atoms with Crippen molar-refractivity contribution in [3.63, 3.8) is 0 Å². The Morgan fingerprint density at radius 3 is 2.42 bits per heavy atom. The van der Waals surface area contributed by atoms with Crippen molar-refractivity contribution in [1.29, 1.82) is 0 Å². The van der Waals surface area contributed by atoms with Crippen molar-refractivity contribution in [1.82, 2.24) is 14.9 Å². The molecule has 3 rings (SSSR count). The number of halogens is 1. The molecule has 0 atom stereocenters. The Labute approximate surface area is 150 Å². The van der Waals surface area contributed by atoms with Gasteiger partial charge in [-0.05, 0) is 37.5 Å². The van der Waals surface area contributed by atoms with Crippen LogP contribution in [-0.4, -0.2) is 33.9 Å². The minimum absolute atomic E-state index is 0.0292. The van der Waals surface area contributed by atoms with Crippen LogP contribution in [0.15, 0.2) is 35.1 Å². The predicted molar refractivity (Wildman–Crippen MR) is 98.6 cm³/mol. The lowest BCUT2D eigenvalue weighted by Crippen LogP contribution is -2.32. The predicted octanol–water partition coefficient (Wildman–Crippen LogP) is 4.31. The molecule has 1 saturated heterocycles. The average molecular weight is 389 g/mol. The molecule has 2 heterocycles. The molecular formula is C18H21BrN4O. The molecule has 0 spiro atoms. The molecule has 1 aliphatic heterocycles. The number of amides is 1. The molecule has 1 aromatic heterocycles. The van der Waals surface area contributed by atoms with Crippen LogP contribution >= 0.6 is 15.9 Å². The molecular weight excluding hydrogens is 368 g/mol. The standard InChI is InChI=1S/C18H21BrN4O/c1-13-6-7-15(10-16(13)19)22-18-20-11-14(12-21-18)17(24)23-8-4-2-3-5-9-23/h6-7,10-12H,2-5,8-9H2,1H3,(H,20,21,22). The zero-order valence-electron chi connectivity index (χ0n) is 13.8. The van der Waals surface area contributed by atoms with Crippen molar-refractivity contribution in [2.75, 3.05) is 18.4 Å². The number of hydrogen-bond donors (Lipinski definition) is 1. The first-order valence-electron chi connectivity index (χ1n) is 8.28. The van der Waals surface area contributed by atoms with Crippen molar-refractivity contribution in [3.8, 4) is 0 Å². The van der Waals surface area contributed by atoms with E-state index in [1.165, 1.54) is 18.4 Å². The number of likely N-dealkylation sites (tertiary alicyclic amines) is 1. The second kappa shape index (κ2) is 7.75. The Morgan fingerprint density at radius 2 is 1.79 bits per heavy atom. The summed E-state index contributed by atoms with van der Waals surface area (Å²) in [5, 5.41) is 3.15. The summed E-state index contributed by atoms with van der Waals surface area (Å²) in [7, 11) is 0. The molecule has 1 amide bonds. The lowest BCUT2D eigenvalue weighted by molar-refractivity contribution is 0.0761. The van der Waals surface area contributed by atoms with Gasteiger partial charge in [0, 0.05) is 35.6 Å². The highest BCUT2D eigenvalue weighted by Gasteiger charge is 2.17. The third-order valence-corrected chi connectivity index (χ3v) is 5.07. The summed E-state index contributed by atoms with van der Waals surface area (Å²) < 4.78 is 1.03. The molecule has 0 unspecified atom stereocenters. The second-order valence-electron chi connectivity index (χ2n) is 6.09. The van der Waals surface area contributed by atoms with Gasteiger partial charge in [-0.3, -0.25) is 4.79 Å². The molecule has 1 aromatic carbocycles. The molecule has 1 aliphatic rings. The Hall–Kier alpha value is -1.95. The summed E-state index contributed by atoms with van der Waals surface area (Å²) in [5.41, 5.74) is 2.62. The Bertz CT molecular complexity index is 709. The third-order valence-electron chi connectivity index (χ3n) is 4.22. The van der Waals surface area contributed by atoms with Crippen molar-refractivity contribution >= 4 is 33.5 Å². The lowest BCUT2D eigenvalue weighted by Gasteiger charge is -2.19. The number of aryl methyl sites for hydroxylation is 1. The van der Waals surface area contributed by atoms with Crippen LogP contribution in [0.5, 0.6) is 0 Å². The van der Waals surface area contributed by atoms with Gasteiger partial charge in [-0.2, -0.15) is 0 Å². The van der Waals surface area contributed by atoms with E-state index in [0.29, 0.717) is 11.5 Å². The molecule has 0 bridgehead atoms. The van der Waals surface area contributed by atoms with Crippen molar-refractivity contribution in [2.45, 2.75) is 32.6 Å². The largest absolute Gasteiger partial charge is 0.339 e. The normalized spacial score (nSPS) is 15.0. The summed E-state index contributed by atoms with van der Waals surface area (Å²) in [6, 6.07) is 5.97. The van der Waals surface area contributed by atoms with E-state index >= 15 is 0 Å². The maximum absolute atomic E-state index is 12.5. The van der Waals surface area contributed by atoms with Crippen LogP contribution in [0.1, 0.15) is 41.6 Å². The number of benzene rings is 1. The van der Waals surface area contributed by atoms with Crippen LogP contribution in [0.25, 0.3) is 0 Å². The number of rotatable bonds is 3. The average Bonchev–Trinajstić information content (AvgIpc) is 2.88. The zero-order valence-corrected chi connectivity index (χ0v) is 15.3. The summed E-state index contributed by atoms with van der Waals surface area (Å²) >= 11 is 3.51. The first kappa shape index (κ1) is 16.9. The summed E-state index contributed by atoms with van der Waals surface area (Å²) in [6.07, 6.45) is 7.77. The minimum Gasteiger partial charge on any atom is -0.339 e. The monoisotopic (exact) mass is 388 g/mol. The van der Waals surface area contributed by atoms with Gasteiger partial charge in [-0.1, -0.05) is 34.8 Å². The van der Waals surface area contributed by atoms with E-state index in [2.05, 4.69) is 31.2 Å². The highest BCUT2D eigenvalue weighted by atomic mass is 79.9. The number of nitrogens with one attached hydrogen (secondary N) is 1. The highest BCUT2D eigenvalue weighted by Crippen LogP contribution is 2.22. The van der Waals surface area contributed by atoms with Gasteiger partial charge in [0.05, 0.1) is 5.56 Å². The van der Waals surface area contributed by atoms with Crippen LogP contribution in [0.4, 0.5) is 11.6 Å². The zero-order chi connectivity index (χ0) is 16.9. The van der Waals surface area contributed by atoms with E-state index in [4.69, 9.17) is 0 Å². The molecule has 2 aromatic rings. The molecule has 5 nitrogen and oxygen atoms in total. The van der Waals surface area contributed by atoms with E-state index in [1.54, 1.807) is 12.4 Å². The Morgan fingerprint density at radius 1 is 1.12 bits per heavy atom. The molecule has 1 N–H and O–H groups in total. The maximum atomic E-state index is 12.5. The van der Waals surface area contributed by atoms with E-state index in [9.17, 15) is 4.79 Å². The van der Waals surface area contributed by atoms with E-state index < -0.39 is 0 Å². The number of anilines is 2. The van der Waals surface area contributed by atoms with Crippen LogP contribution in [0.2, 0.25) is 0 Å². The quantitative estimate of drug-likeness (QED) is 0.850. The molecule has 24 heavy (non-hydrogen) atoms. The number of nitrogens with zero attached hydrogens (tertiary/aromatic N) is 3. The van der Waals surface area contributed by atoms with Crippen molar-refractivity contribution < 1.29 is 4.79 Å². The van der Waals surface area contributed by atoms with Crippen LogP contribution < -0.4 is 5.32 Å². The van der Waals surface area contributed by atoms with Gasteiger partial charge < -0.3 is 10.2 Å². The van der Waals surface area contributed by atoms with Gasteiger partial charge in [0.15, 0.2) is 0 Å². The summed E-state index contributed by atoms with van der Waals surface area (Å²) in [5.74, 6) is 0.514. The number of hydrogen-bond acceptors (Lipinski definition) is 4. The topological polar surface area (TPSA) is 58.1 Å². The van der Waals surface area contributed by atoms with Crippen LogP contribution in [-0.2, 0) is 0 Å². The van der Waals surface area contributed by atoms with Gasteiger partial charge in [-0.25, -0.2) is 9.97 Å². The molecule has 1 fully saturated rings. The summed E-state index contributed by atoms with van der Waals surface area (Å²) in [6.45, 7) is 3.69. The van der Waals surface area contributed by atoms with Crippen molar-refractivity contribution in [2.24, 2.45) is 0 Å². The maximum Gasteiger partial charge on any atom is 0.256 e. The number of carbonyl (C=O) groups excluding carboxylic acids is 1. The summed E-state index contributed by atoms with van der Waals surface area (Å²) in [4.78, 5) is 23.0. The first-order valence-corrected chi connectivity index (χ1v) is 9.07. The van der Waals surface area contributed by atoms with Gasteiger partial charge in [-0.15, -0.1) is 0 Å².